The minimum absolute atomic E-state index is 0.259. The molecule has 1 N–H and O–H groups in total. The molecule has 8 heteroatoms. The van der Waals surface area contributed by atoms with Crippen molar-refractivity contribution in [3.05, 3.63) is 47.3 Å². The fourth-order valence-corrected chi connectivity index (χ4v) is 4.63. The third kappa shape index (κ3) is 3.12. The topological polar surface area (TPSA) is 72.0 Å². The van der Waals surface area contributed by atoms with E-state index in [1.807, 2.05) is 31.2 Å². The first-order valence-corrected chi connectivity index (χ1v) is 9.19. The standard InChI is InChI=1S/C13H11N3O2S3/c1-9-4-6-10(7-5-9)12-14-15-13(20-12)16-21(17,18)11-3-2-8-19-11/h2-8H,1H3,(H,15,16). The first kappa shape index (κ1) is 14.2. The number of nitrogens with zero attached hydrogens (tertiary/aromatic N) is 2. The monoisotopic (exact) mass is 337 g/mol. The molecule has 0 atom stereocenters. The zero-order chi connectivity index (χ0) is 14.9. The van der Waals surface area contributed by atoms with Gasteiger partial charge in [-0.25, -0.2) is 8.42 Å². The quantitative estimate of drug-likeness (QED) is 0.792. The van der Waals surface area contributed by atoms with Gasteiger partial charge in [0.15, 0.2) is 0 Å². The van der Waals surface area contributed by atoms with Gasteiger partial charge in [0, 0.05) is 5.56 Å². The van der Waals surface area contributed by atoms with Crippen molar-refractivity contribution < 1.29 is 8.42 Å². The minimum Gasteiger partial charge on any atom is -0.252 e. The lowest BCUT2D eigenvalue weighted by atomic mass is 10.2. The zero-order valence-electron chi connectivity index (χ0n) is 11.0. The molecular formula is C13H11N3O2S3. The van der Waals surface area contributed by atoms with Crippen molar-refractivity contribution in [2.24, 2.45) is 0 Å². The summed E-state index contributed by atoms with van der Waals surface area (Å²) in [5.74, 6) is 0. The van der Waals surface area contributed by atoms with Gasteiger partial charge in [0.1, 0.15) is 9.22 Å². The van der Waals surface area contributed by atoms with E-state index in [1.165, 1.54) is 11.3 Å². The highest BCUT2D eigenvalue weighted by molar-refractivity contribution is 7.94. The Morgan fingerprint density at radius 1 is 1.10 bits per heavy atom. The lowest BCUT2D eigenvalue weighted by molar-refractivity contribution is 0.603. The molecule has 0 saturated carbocycles. The van der Waals surface area contributed by atoms with Crippen molar-refractivity contribution in [1.29, 1.82) is 0 Å². The average molecular weight is 337 g/mol. The minimum atomic E-state index is -3.57. The lowest BCUT2D eigenvalue weighted by Gasteiger charge is -2.00. The molecule has 21 heavy (non-hydrogen) atoms. The number of sulfonamides is 1. The number of hydrogen-bond donors (Lipinski definition) is 1. The molecule has 0 aliphatic rings. The van der Waals surface area contributed by atoms with Gasteiger partial charge in [-0.1, -0.05) is 47.2 Å². The molecular weight excluding hydrogens is 326 g/mol. The Hall–Kier alpha value is -1.77. The second kappa shape index (κ2) is 5.55. The van der Waals surface area contributed by atoms with Gasteiger partial charge in [-0.3, -0.25) is 4.72 Å². The van der Waals surface area contributed by atoms with Gasteiger partial charge in [-0.15, -0.1) is 21.5 Å². The smallest absolute Gasteiger partial charge is 0.252 e. The molecule has 2 aromatic heterocycles. The Kier molecular flexibility index (Phi) is 3.75. The largest absolute Gasteiger partial charge is 0.273 e. The van der Waals surface area contributed by atoms with Gasteiger partial charge in [0.25, 0.3) is 10.0 Å². The predicted molar refractivity (Wildman–Crippen MR) is 85.2 cm³/mol. The van der Waals surface area contributed by atoms with Gasteiger partial charge in [0.2, 0.25) is 5.13 Å². The predicted octanol–water partition coefficient (Wildman–Crippen LogP) is 3.38. The van der Waals surface area contributed by atoms with Crippen LogP contribution in [0.25, 0.3) is 10.6 Å². The van der Waals surface area contributed by atoms with Crippen LogP contribution in [0, 0.1) is 6.92 Å². The van der Waals surface area contributed by atoms with E-state index in [4.69, 9.17) is 0 Å². The van der Waals surface area contributed by atoms with E-state index in [0.29, 0.717) is 5.01 Å². The van der Waals surface area contributed by atoms with Crippen LogP contribution >= 0.6 is 22.7 Å². The Balaban J connectivity index is 1.84. The van der Waals surface area contributed by atoms with Crippen molar-refractivity contribution in [2.75, 3.05) is 4.72 Å². The van der Waals surface area contributed by atoms with Crippen LogP contribution < -0.4 is 4.72 Å². The lowest BCUT2D eigenvalue weighted by Crippen LogP contribution is -2.11. The van der Waals surface area contributed by atoms with Crippen molar-refractivity contribution in [1.82, 2.24) is 10.2 Å². The van der Waals surface area contributed by atoms with E-state index in [1.54, 1.807) is 17.5 Å². The third-order valence-electron chi connectivity index (χ3n) is 2.71. The summed E-state index contributed by atoms with van der Waals surface area (Å²) < 4.78 is 26.9. The Morgan fingerprint density at radius 3 is 2.52 bits per heavy atom. The molecule has 0 unspecified atom stereocenters. The third-order valence-corrected chi connectivity index (χ3v) is 6.46. The van der Waals surface area contributed by atoms with Crippen LogP contribution in [0.4, 0.5) is 5.13 Å². The van der Waals surface area contributed by atoms with E-state index in [0.717, 1.165) is 22.5 Å². The van der Waals surface area contributed by atoms with Crippen LogP contribution in [0.5, 0.6) is 0 Å². The fraction of sp³-hybridized carbons (Fsp3) is 0.0769. The second-order valence-corrected chi connectivity index (χ2v) is 8.15. The zero-order valence-corrected chi connectivity index (χ0v) is 13.4. The van der Waals surface area contributed by atoms with E-state index in [9.17, 15) is 8.42 Å². The van der Waals surface area contributed by atoms with Crippen LogP contribution in [0.3, 0.4) is 0 Å². The maximum absolute atomic E-state index is 12.1. The fourth-order valence-electron chi connectivity index (χ4n) is 1.66. The summed E-state index contributed by atoms with van der Waals surface area (Å²) in [5.41, 5.74) is 2.07. The molecule has 0 aliphatic carbocycles. The summed E-state index contributed by atoms with van der Waals surface area (Å²) in [4.78, 5) is 0. The highest BCUT2D eigenvalue weighted by Gasteiger charge is 2.18. The number of benzene rings is 1. The Bertz CT molecular complexity index is 837. The van der Waals surface area contributed by atoms with Gasteiger partial charge < -0.3 is 0 Å². The number of hydrogen-bond acceptors (Lipinski definition) is 6. The Labute approximate surface area is 130 Å². The average Bonchev–Trinajstić information content (AvgIpc) is 3.10. The van der Waals surface area contributed by atoms with Crippen molar-refractivity contribution in [3.8, 4) is 10.6 Å². The number of aromatic nitrogens is 2. The summed E-state index contributed by atoms with van der Waals surface area (Å²) >= 11 is 2.37. The number of aryl methyl sites for hydroxylation is 1. The summed E-state index contributed by atoms with van der Waals surface area (Å²) in [6.45, 7) is 2.00. The number of nitrogens with one attached hydrogen (secondary N) is 1. The van der Waals surface area contributed by atoms with Gasteiger partial charge >= 0.3 is 0 Å². The molecule has 2 heterocycles. The van der Waals surface area contributed by atoms with Crippen LogP contribution in [0.2, 0.25) is 0 Å². The summed E-state index contributed by atoms with van der Waals surface area (Å²) in [5, 5.41) is 10.6. The molecule has 5 nitrogen and oxygen atoms in total. The van der Waals surface area contributed by atoms with Crippen LogP contribution in [-0.2, 0) is 10.0 Å². The van der Waals surface area contributed by atoms with E-state index in [2.05, 4.69) is 14.9 Å². The summed E-state index contributed by atoms with van der Waals surface area (Å²) in [6.07, 6.45) is 0. The summed E-state index contributed by atoms with van der Waals surface area (Å²) in [7, 11) is -3.57. The van der Waals surface area contributed by atoms with E-state index >= 15 is 0 Å². The van der Waals surface area contributed by atoms with Crippen LogP contribution in [0.1, 0.15) is 5.56 Å². The van der Waals surface area contributed by atoms with Crippen molar-refractivity contribution in [3.63, 3.8) is 0 Å². The second-order valence-electron chi connectivity index (χ2n) is 4.32. The maximum atomic E-state index is 12.1. The molecule has 0 spiro atoms. The molecule has 3 aromatic rings. The molecule has 0 saturated heterocycles. The van der Waals surface area contributed by atoms with Gasteiger partial charge in [-0.05, 0) is 18.4 Å². The molecule has 0 amide bonds. The molecule has 0 radical (unpaired) electrons. The Morgan fingerprint density at radius 2 is 1.86 bits per heavy atom. The molecule has 108 valence electrons. The number of anilines is 1. The normalized spacial score (nSPS) is 11.5. The van der Waals surface area contributed by atoms with Gasteiger partial charge in [0.05, 0.1) is 0 Å². The maximum Gasteiger partial charge on any atom is 0.273 e. The van der Waals surface area contributed by atoms with Crippen molar-refractivity contribution >= 4 is 37.8 Å². The van der Waals surface area contributed by atoms with Gasteiger partial charge in [-0.2, -0.15) is 0 Å². The molecule has 0 aliphatic heterocycles. The van der Waals surface area contributed by atoms with Crippen LogP contribution in [-0.4, -0.2) is 18.6 Å². The molecule has 0 fully saturated rings. The summed E-state index contributed by atoms with van der Waals surface area (Å²) in [6, 6.07) is 11.1. The first-order chi connectivity index (χ1) is 10.0. The van der Waals surface area contributed by atoms with Crippen molar-refractivity contribution in [2.45, 2.75) is 11.1 Å². The number of rotatable bonds is 4. The van der Waals surface area contributed by atoms with E-state index in [-0.39, 0.29) is 9.34 Å². The SMILES string of the molecule is Cc1ccc(-c2nnc(NS(=O)(=O)c3cccs3)s2)cc1. The van der Waals surface area contributed by atoms with Crippen LogP contribution in [0.15, 0.2) is 46.0 Å². The first-order valence-electron chi connectivity index (χ1n) is 6.01. The number of thiophene rings is 1. The molecule has 3 rings (SSSR count). The molecule has 1 aromatic carbocycles. The highest BCUT2D eigenvalue weighted by Crippen LogP contribution is 2.28. The highest BCUT2D eigenvalue weighted by atomic mass is 32.2. The molecule has 0 bridgehead atoms. The van der Waals surface area contributed by atoms with E-state index < -0.39 is 10.0 Å².